The zero-order chi connectivity index (χ0) is 21.5. The molecule has 160 valence electrons. The van der Waals surface area contributed by atoms with E-state index in [1.54, 1.807) is 11.0 Å². The maximum Gasteiger partial charge on any atom is 0.258 e. The van der Waals surface area contributed by atoms with Crippen molar-refractivity contribution >= 4 is 23.7 Å². The molecule has 1 N–H and O–H groups in total. The van der Waals surface area contributed by atoms with E-state index in [0.29, 0.717) is 29.6 Å². The molecule has 0 bridgehead atoms. The van der Waals surface area contributed by atoms with Gasteiger partial charge in [0.2, 0.25) is 17.1 Å². The van der Waals surface area contributed by atoms with Gasteiger partial charge < -0.3 is 15.0 Å². The fraction of sp³-hybridized carbons (Fsp3) is 0.450. The summed E-state index contributed by atoms with van der Waals surface area (Å²) in [5, 5.41) is 8.43. The van der Waals surface area contributed by atoms with E-state index in [4.69, 9.17) is 4.74 Å². The van der Waals surface area contributed by atoms with Crippen molar-refractivity contribution in [3.63, 3.8) is 0 Å². The van der Waals surface area contributed by atoms with E-state index < -0.39 is 0 Å². The standard InChI is InChI=1S/C20H28N8OS/c1-6-15(3)22-17-23-18(27(4)5)25-19(24-17)28-13-21-20(26-28)30-12-11-29-16-9-7-14(2)8-10-16/h7-10,13,15H,6,11-12H2,1-5H3,(H,22,23,24,25). The lowest BCUT2D eigenvalue weighted by molar-refractivity contribution is 0.344. The van der Waals surface area contributed by atoms with Crippen LogP contribution in [0.25, 0.3) is 5.95 Å². The second-order valence-electron chi connectivity index (χ2n) is 7.09. The molecule has 10 heteroatoms. The van der Waals surface area contributed by atoms with E-state index in [0.717, 1.165) is 17.9 Å². The Morgan fingerprint density at radius 3 is 2.63 bits per heavy atom. The van der Waals surface area contributed by atoms with Crippen LogP contribution in [0.2, 0.25) is 0 Å². The van der Waals surface area contributed by atoms with Gasteiger partial charge in [0.25, 0.3) is 5.95 Å². The Labute approximate surface area is 181 Å². The van der Waals surface area contributed by atoms with Crippen LogP contribution >= 0.6 is 11.8 Å². The molecule has 2 heterocycles. The number of hydrogen-bond acceptors (Lipinski definition) is 9. The van der Waals surface area contributed by atoms with Crippen molar-refractivity contribution < 1.29 is 4.74 Å². The number of anilines is 2. The topological polar surface area (TPSA) is 93.9 Å². The van der Waals surface area contributed by atoms with Gasteiger partial charge in [-0.1, -0.05) is 36.4 Å². The summed E-state index contributed by atoms with van der Waals surface area (Å²) in [7, 11) is 3.78. The number of rotatable bonds is 10. The molecule has 0 saturated carbocycles. The van der Waals surface area contributed by atoms with E-state index in [-0.39, 0.29) is 6.04 Å². The Morgan fingerprint density at radius 1 is 1.17 bits per heavy atom. The van der Waals surface area contributed by atoms with Crippen LogP contribution in [0.15, 0.2) is 35.7 Å². The molecule has 0 spiro atoms. The molecule has 1 unspecified atom stereocenters. The molecule has 0 aliphatic carbocycles. The number of nitrogens with one attached hydrogen (secondary N) is 1. The van der Waals surface area contributed by atoms with Crippen LogP contribution in [-0.2, 0) is 0 Å². The Kier molecular flexibility index (Phi) is 7.45. The molecule has 30 heavy (non-hydrogen) atoms. The van der Waals surface area contributed by atoms with Crippen LogP contribution in [0.4, 0.5) is 11.9 Å². The highest BCUT2D eigenvalue weighted by atomic mass is 32.2. The van der Waals surface area contributed by atoms with E-state index >= 15 is 0 Å². The second kappa shape index (κ2) is 10.2. The molecule has 3 aromatic rings. The first-order chi connectivity index (χ1) is 14.4. The van der Waals surface area contributed by atoms with Crippen LogP contribution in [0.1, 0.15) is 25.8 Å². The normalized spacial score (nSPS) is 11.9. The van der Waals surface area contributed by atoms with Crippen molar-refractivity contribution in [3.8, 4) is 11.7 Å². The molecule has 0 saturated heterocycles. The van der Waals surface area contributed by atoms with Crippen LogP contribution < -0.4 is 15.0 Å². The summed E-state index contributed by atoms with van der Waals surface area (Å²) in [6, 6.07) is 8.27. The molecule has 0 fully saturated rings. The molecule has 0 amide bonds. The van der Waals surface area contributed by atoms with Crippen molar-refractivity contribution in [1.29, 1.82) is 0 Å². The first-order valence-corrected chi connectivity index (χ1v) is 10.9. The Hall–Kier alpha value is -2.88. The Balaban J connectivity index is 1.63. The summed E-state index contributed by atoms with van der Waals surface area (Å²) in [5.74, 6) is 3.10. The number of hydrogen-bond donors (Lipinski definition) is 1. The Morgan fingerprint density at radius 2 is 1.93 bits per heavy atom. The largest absolute Gasteiger partial charge is 0.493 e. The molecule has 1 aromatic carbocycles. The quantitative estimate of drug-likeness (QED) is 0.386. The fourth-order valence-electron chi connectivity index (χ4n) is 2.38. The number of ether oxygens (including phenoxy) is 1. The molecule has 0 radical (unpaired) electrons. The van der Waals surface area contributed by atoms with Gasteiger partial charge in [0.05, 0.1) is 6.61 Å². The van der Waals surface area contributed by atoms with Crippen LogP contribution in [0.3, 0.4) is 0 Å². The second-order valence-corrected chi connectivity index (χ2v) is 8.15. The van der Waals surface area contributed by atoms with Gasteiger partial charge in [-0.05, 0) is 32.4 Å². The molecule has 1 atom stereocenters. The van der Waals surface area contributed by atoms with Crippen LogP contribution in [0, 0.1) is 6.92 Å². The highest BCUT2D eigenvalue weighted by Gasteiger charge is 2.13. The van der Waals surface area contributed by atoms with E-state index in [2.05, 4.69) is 51.1 Å². The molecule has 0 aliphatic heterocycles. The fourth-order valence-corrected chi connectivity index (χ4v) is 3.00. The maximum absolute atomic E-state index is 5.75. The van der Waals surface area contributed by atoms with Gasteiger partial charge >= 0.3 is 0 Å². The zero-order valence-corrected chi connectivity index (χ0v) is 18.8. The van der Waals surface area contributed by atoms with Crippen molar-refractivity contribution in [1.82, 2.24) is 29.7 Å². The number of benzene rings is 1. The minimum Gasteiger partial charge on any atom is -0.493 e. The smallest absolute Gasteiger partial charge is 0.258 e. The van der Waals surface area contributed by atoms with Gasteiger partial charge in [0.15, 0.2) is 0 Å². The van der Waals surface area contributed by atoms with Gasteiger partial charge in [-0.25, -0.2) is 4.98 Å². The lowest BCUT2D eigenvalue weighted by atomic mass is 10.2. The first kappa shape index (κ1) is 21.8. The van der Waals surface area contributed by atoms with E-state index in [1.807, 2.05) is 43.3 Å². The van der Waals surface area contributed by atoms with Crippen molar-refractivity contribution in [3.05, 3.63) is 36.2 Å². The molecule has 0 aliphatic rings. The SMILES string of the molecule is CCC(C)Nc1nc(N(C)C)nc(-n2cnc(SCCOc3ccc(C)cc3)n2)n1. The summed E-state index contributed by atoms with van der Waals surface area (Å²) in [6.07, 6.45) is 2.58. The summed E-state index contributed by atoms with van der Waals surface area (Å²) >= 11 is 1.52. The van der Waals surface area contributed by atoms with E-state index in [1.165, 1.54) is 17.3 Å². The summed E-state index contributed by atoms with van der Waals surface area (Å²) < 4.78 is 7.32. The number of nitrogens with zero attached hydrogens (tertiary/aromatic N) is 7. The van der Waals surface area contributed by atoms with Gasteiger partial charge in [0.1, 0.15) is 12.1 Å². The summed E-state index contributed by atoms with van der Waals surface area (Å²) in [4.78, 5) is 19.6. The average Bonchev–Trinajstić information content (AvgIpc) is 3.21. The third-order valence-corrected chi connectivity index (χ3v) is 5.10. The van der Waals surface area contributed by atoms with Crippen molar-refractivity contribution in [2.75, 3.05) is 36.7 Å². The molecular formula is C20H28N8OS. The predicted molar refractivity (Wildman–Crippen MR) is 120 cm³/mol. The van der Waals surface area contributed by atoms with E-state index in [9.17, 15) is 0 Å². The third kappa shape index (κ3) is 6.06. The van der Waals surface area contributed by atoms with Gasteiger partial charge in [0, 0.05) is 25.9 Å². The van der Waals surface area contributed by atoms with Crippen molar-refractivity contribution in [2.45, 2.75) is 38.4 Å². The molecule has 9 nitrogen and oxygen atoms in total. The maximum atomic E-state index is 5.75. The lowest BCUT2D eigenvalue weighted by Crippen LogP contribution is -2.21. The number of aromatic nitrogens is 6. The first-order valence-electron chi connectivity index (χ1n) is 9.89. The molecule has 3 rings (SSSR count). The Bertz CT molecular complexity index is 944. The number of aryl methyl sites for hydroxylation is 1. The average molecular weight is 429 g/mol. The summed E-state index contributed by atoms with van der Waals surface area (Å²) in [6.45, 7) is 6.82. The lowest BCUT2D eigenvalue weighted by Gasteiger charge is -2.15. The van der Waals surface area contributed by atoms with Crippen LogP contribution in [-0.4, -0.2) is 62.2 Å². The minimum atomic E-state index is 0.255. The third-order valence-electron chi connectivity index (χ3n) is 4.28. The summed E-state index contributed by atoms with van der Waals surface area (Å²) in [5.41, 5.74) is 1.21. The van der Waals surface area contributed by atoms with Crippen LogP contribution in [0.5, 0.6) is 5.75 Å². The number of thioether (sulfide) groups is 1. The van der Waals surface area contributed by atoms with Gasteiger partial charge in [-0.15, -0.1) is 5.10 Å². The minimum absolute atomic E-state index is 0.255. The van der Waals surface area contributed by atoms with Gasteiger partial charge in [-0.3, -0.25) is 0 Å². The highest BCUT2D eigenvalue weighted by Crippen LogP contribution is 2.17. The highest BCUT2D eigenvalue weighted by molar-refractivity contribution is 7.99. The molecular weight excluding hydrogens is 400 g/mol. The molecule has 2 aromatic heterocycles. The van der Waals surface area contributed by atoms with Gasteiger partial charge in [-0.2, -0.15) is 19.6 Å². The predicted octanol–water partition coefficient (Wildman–Crippen LogP) is 3.21. The van der Waals surface area contributed by atoms with Crippen molar-refractivity contribution in [2.24, 2.45) is 0 Å². The zero-order valence-electron chi connectivity index (χ0n) is 18.0. The monoisotopic (exact) mass is 428 g/mol.